The topological polar surface area (TPSA) is 36.4 Å². The van der Waals surface area contributed by atoms with Crippen LogP contribution >= 0.6 is 0 Å². The largest absolute Gasteiger partial charge is 0.356 e. The maximum atomic E-state index is 13.4. The van der Waals surface area contributed by atoms with Crippen molar-refractivity contribution in [1.82, 2.24) is 10.6 Å². The van der Waals surface area contributed by atoms with Crippen LogP contribution in [0.3, 0.4) is 0 Å². The third-order valence-corrected chi connectivity index (χ3v) is 2.41. The monoisotopic (exact) mass is 269 g/mol. The molecule has 0 unspecified atom stereocenters. The summed E-state index contributed by atoms with van der Waals surface area (Å²) in [6.45, 7) is 6.54. The molecule has 0 heterocycles. The number of benzene rings is 1. The van der Waals surface area contributed by atoms with Gasteiger partial charge in [-0.1, -0.05) is 0 Å². The molecule has 106 valence electrons. The number of halogens is 2. The zero-order chi connectivity index (χ0) is 14.5. The van der Waals surface area contributed by atoms with Gasteiger partial charge in [-0.05, 0) is 51.0 Å². The number of guanidine groups is 1. The molecule has 3 nitrogen and oxygen atoms in total. The van der Waals surface area contributed by atoms with E-state index in [0.717, 1.165) is 12.1 Å². The molecule has 0 fully saturated rings. The van der Waals surface area contributed by atoms with Crippen LogP contribution in [0.5, 0.6) is 0 Å². The third-order valence-electron chi connectivity index (χ3n) is 2.41. The lowest BCUT2D eigenvalue weighted by Gasteiger charge is -2.23. The van der Waals surface area contributed by atoms with Crippen molar-refractivity contribution in [3.8, 4) is 0 Å². The second kappa shape index (κ2) is 6.50. The summed E-state index contributed by atoms with van der Waals surface area (Å²) < 4.78 is 26.4. The Bertz CT molecular complexity index is 450. The van der Waals surface area contributed by atoms with E-state index in [-0.39, 0.29) is 11.4 Å². The van der Waals surface area contributed by atoms with Gasteiger partial charge in [0.05, 0.1) is 0 Å². The van der Waals surface area contributed by atoms with E-state index in [4.69, 9.17) is 0 Å². The summed E-state index contributed by atoms with van der Waals surface area (Å²) in [7, 11) is 1.67. The van der Waals surface area contributed by atoms with E-state index >= 15 is 0 Å². The highest BCUT2D eigenvalue weighted by molar-refractivity contribution is 5.80. The molecular formula is C14H21F2N3. The molecule has 1 rings (SSSR count). The van der Waals surface area contributed by atoms with Gasteiger partial charge in [-0.15, -0.1) is 0 Å². The summed E-state index contributed by atoms with van der Waals surface area (Å²) in [6.07, 6.45) is 0.397. The molecule has 0 saturated heterocycles. The van der Waals surface area contributed by atoms with Crippen LogP contribution in [0.2, 0.25) is 0 Å². The molecule has 0 amide bonds. The molecule has 2 N–H and O–H groups in total. The van der Waals surface area contributed by atoms with Gasteiger partial charge in [0.1, 0.15) is 11.6 Å². The van der Waals surface area contributed by atoms with E-state index in [1.807, 2.05) is 20.8 Å². The molecular weight excluding hydrogens is 248 g/mol. The minimum Gasteiger partial charge on any atom is -0.356 e. The molecule has 0 aliphatic heterocycles. The molecule has 1 aromatic carbocycles. The lowest BCUT2D eigenvalue weighted by Crippen LogP contribution is -2.48. The first kappa shape index (κ1) is 15.4. The van der Waals surface area contributed by atoms with Crippen molar-refractivity contribution >= 4 is 5.96 Å². The Morgan fingerprint density at radius 2 is 1.95 bits per heavy atom. The fourth-order valence-electron chi connectivity index (χ4n) is 1.58. The first-order valence-electron chi connectivity index (χ1n) is 6.24. The molecule has 19 heavy (non-hydrogen) atoms. The normalized spacial score (nSPS) is 12.4. The van der Waals surface area contributed by atoms with Crippen molar-refractivity contribution in [2.24, 2.45) is 4.99 Å². The van der Waals surface area contributed by atoms with Crippen molar-refractivity contribution in [3.05, 3.63) is 35.4 Å². The van der Waals surface area contributed by atoms with Gasteiger partial charge in [0.25, 0.3) is 0 Å². The van der Waals surface area contributed by atoms with E-state index < -0.39 is 5.82 Å². The first-order chi connectivity index (χ1) is 8.81. The minimum atomic E-state index is -0.423. The SMILES string of the molecule is CN=C(NCCc1cc(F)ccc1F)NC(C)(C)C. The van der Waals surface area contributed by atoms with Crippen LogP contribution in [0.1, 0.15) is 26.3 Å². The molecule has 1 aromatic rings. The summed E-state index contributed by atoms with van der Waals surface area (Å²) in [5, 5.41) is 6.26. The van der Waals surface area contributed by atoms with E-state index in [0.29, 0.717) is 24.5 Å². The van der Waals surface area contributed by atoms with Crippen molar-refractivity contribution in [2.45, 2.75) is 32.7 Å². The van der Waals surface area contributed by atoms with Crippen LogP contribution in [0.4, 0.5) is 8.78 Å². The van der Waals surface area contributed by atoms with E-state index in [2.05, 4.69) is 15.6 Å². The number of nitrogens with one attached hydrogen (secondary N) is 2. The summed E-state index contributed by atoms with van der Waals surface area (Å²) in [5.74, 6) is -0.167. The molecule has 0 aliphatic rings. The van der Waals surface area contributed by atoms with Gasteiger partial charge in [-0.25, -0.2) is 8.78 Å². The number of hydrogen-bond acceptors (Lipinski definition) is 1. The zero-order valence-electron chi connectivity index (χ0n) is 11.8. The van der Waals surface area contributed by atoms with Gasteiger partial charge in [0, 0.05) is 19.1 Å². The molecule has 0 atom stereocenters. The Morgan fingerprint density at radius 3 is 2.53 bits per heavy atom. The highest BCUT2D eigenvalue weighted by Crippen LogP contribution is 2.09. The van der Waals surface area contributed by atoms with Crippen molar-refractivity contribution < 1.29 is 8.78 Å². The lowest BCUT2D eigenvalue weighted by atomic mass is 10.1. The summed E-state index contributed by atoms with van der Waals surface area (Å²) in [4.78, 5) is 4.07. The molecule has 0 aliphatic carbocycles. The zero-order valence-corrected chi connectivity index (χ0v) is 11.8. The maximum Gasteiger partial charge on any atom is 0.191 e. The van der Waals surface area contributed by atoms with Crippen LogP contribution in [-0.4, -0.2) is 25.1 Å². The fraction of sp³-hybridized carbons (Fsp3) is 0.500. The second-order valence-electron chi connectivity index (χ2n) is 5.36. The molecule has 0 radical (unpaired) electrons. The van der Waals surface area contributed by atoms with Gasteiger partial charge < -0.3 is 10.6 Å². The van der Waals surface area contributed by atoms with Crippen molar-refractivity contribution in [1.29, 1.82) is 0 Å². The third kappa shape index (κ3) is 5.68. The predicted molar refractivity (Wildman–Crippen MR) is 74.3 cm³/mol. The molecule has 5 heteroatoms. The summed E-state index contributed by atoms with van der Waals surface area (Å²) in [6, 6.07) is 3.48. The van der Waals surface area contributed by atoms with Gasteiger partial charge in [-0.2, -0.15) is 0 Å². The highest BCUT2D eigenvalue weighted by Gasteiger charge is 2.11. The molecule has 0 spiro atoms. The first-order valence-corrected chi connectivity index (χ1v) is 6.24. The van der Waals surface area contributed by atoms with Crippen LogP contribution in [0.25, 0.3) is 0 Å². The van der Waals surface area contributed by atoms with Crippen LogP contribution in [-0.2, 0) is 6.42 Å². The van der Waals surface area contributed by atoms with Crippen LogP contribution < -0.4 is 10.6 Å². The van der Waals surface area contributed by atoms with Crippen molar-refractivity contribution in [3.63, 3.8) is 0 Å². The molecule has 0 aromatic heterocycles. The predicted octanol–water partition coefficient (Wildman–Crippen LogP) is 2.47. The Hall–Kier alpha value is -1.65. The van der Waals surface area contributed by atoms with E-state index in [1.54, 1.807) is 7.05 Å². The number of rotatable bonds is 3. The standard InChI is InChI=1S/C14H21F2N3/c1-14(2,3)19-13(17-4)18-8-7-10-9-11(15)5-6-12(10)16/h5-6,9H,7-8H2,1-4H3,(H2,17,18,19). The minimum absolute atomic E-state index is 0.105. The second-order valence-corrected chi connectivity index (χ2v) is 5.36. The maximum absolute atomic E-state index is 13.4. The van der Waals surface area contributed by atoms with E-state index in [1.165, 1.54) is 6.07 Å². The van der Waals surface area contributed by atoms with Gasteiger partial charge in [-0.3, -0.25) is 4.99 Å². The Kier molecular flexibility index (Phi) is 5.27. The molecule has 0 bridgehead atoms. The van der Waals surface area contributed by atoms with Crippen LogP contribution in [0, 0.1) is 11.6 Å². The Labute approximate surface area is 113 Å². The van der Waals surface area contributed by atoms with E-state index in [9.17, 15) is 8.78 Å². The molecule has 0 saturated carbocycles. The number of nitrogens with zero attached hydrogens (tertiary/aromatic N) is 1. The van der Waals surface area contributed by atoms with Crippen molar-refractivity contribution in [2.75, 3.05) is 13.6 Å². The quantitative estimate of drug-likeness (QED) is 0.653. The number of aliphatic imine (C=N–C) groups is 1. The fourth-order valence-corrected chi connectivity index (χ4v) is 1.58. The summed E-state index contributed by atoms with van der Waals surface area (Å²) >= 11 is 0. The van der Waals surface area contributed by atoms with Gasteiger partial charge in [0.15, 0.2) is 5.96 Å². The van der Waals surface area contributed by atoms with Gasteiger partial charge >= 0.3 is 0 Å². The summed E-state index contributed by atoms with van der Waals surface area (Å²) in [5.41, 5.74) is 0.255. The Balaban J connectivity index is 2.51. The smallest absolute Gasteiger partial charge is 0.191 e. The lowest BCUT2D eigenvalue weighted by molar-refractivity contribution is 0.501. The average molecular weight is 269 g/mol. The number of hydrogen-bond donors (Lipinski definition) is 2. The highest BCUT2D eigenvalue weighted by atomic mass is 19.1. The Morgan fingerprint density at radius 1 is 1.26 bits per heavy atom. The average Bonchev–Trinajstić information content (AvgIpc) is 2.30. The van der Waals surface area contributed by atoms with Gasteiger partial charge in [0.2, 0.25) is 0 Å². The van der Waals surface area contributed by atoms with Crippen LogP contribution in [0.15, 0.2) is 23.2 Å².